The molecule has 35 heavy (non-hydrogen) atoms. The van der Waals surface area contributed by atoms with E-state index in [4.69, 9.17) is 11.6 Å². The molecular weight excluding hydrogens is 482 g/mol. The number of thiazole rings is 1. The van der Waals surface area contributed by atoms with E-state index in [0.717, 1.165) is 68.3 Å². The second-order valence-electron chi connectivity index (χ2n) is 10.1. The highest BCUT2D eigenvalue weighted by Gasteiger charge is 2.30. The molecule has 1 saturated carbocycles. The number of hydrogen-bond acceptors (Lipinski definition) is 5. The molecule has 2 aliphatic rings. The fourth-order valence-electron chi connectivity index (χ4n) is 5.20. The fraction of sp³-hybridized carbons (Fsp3) is 0.500. The standard InChI is InChI=1S/C26H32ClN5O2S/c1-15(2)13-32-10-9-21-23(14-32)35-26(31-21)25(34)30-20-6-4-3-5-19(20)29-24(33)22-12-16-11-17(27)7-8-18(16)28-22/h7-8,11-12,15,19-20,28H,3-6,9-10,13-14H2,1-2H3,(H,29,33)(H,30,34)/t19-,20+/m1/s1. The normalized spacial score (nSPS) is 20.7. The smallest absolute Gasteiger partial charge is 0.280 e. The predicted octanol–water partition coefficient (Wildman–Crippen LogP) is 4.76. The van der Waals surface area contributed by atoms with Gasteiger partial charge in [0.05, 0.1) is 5.69 Å². The van der Waals surface area contributed by atoms with E-state index in [2.05, 4.69) is 39.3 Å². The topological polar surface area (TPSA) is 90.1 Å². The summed E-state index contributed by atoms with van der Waals surface area (Å²) in [5, 5.41) is 8.40. The zero-order valence-electron chi connectivity index (χ0n) is 20.2. The molecule has 9 heteroatoms. The van der Waals surface area contributed by atoms with Crippen molar-refractivity contribution < 1.29 is 9.59 Å². The van der Waals surface area contributed by atoms with Crippen LogP contribution in [0.4, 0.5) is 0 Å². The van der Waals surface area contributed by atoms with E-state index in [1.54, 1.807) is 6.07 Å². The molecule has 3 aromatic rings. The van der Waals surface area contributed by atoms with Crippen molar-refractivity contribution in [3.63, 3.8) is 0 Å². The van der Waals surface area contributed by atoms with Crippen molar-refractivity contribution in [2.24, 2.45) is 5.92 Å². The Morgan fingerprint density at radius 3 is 2.66 bits per heavy atom. The van der Waals surface area contributed by atoms with E-state index >= 15 is 0 Å². The van der Waals surface area contributed by atoms with Crippen LogP contribution in [0.25, 0.3) is 10.9 Å². The van der Waals surface area contributed by atoms with Gasteiger partial charge in [0.15, 0.2) is 5.01 Å². The summed E-state index contributed by atoms with van der Waals surface area (Å²) in [5.41, 5.74) is 2.43. The molecule has 7 nitrogen and oxygen atoms in total. The van der Waals surface area contributed by atoms with Gasteiger partial charge in [-0.25, -0.2) is 4.98 Å². The van der Waals surface area contributed by atoms with E-state index in [9.17, 15) is 9.59 Å². The molecule has 1 aromatic carbocycles. The zero-order chi connectivity index (χ0) is 24.5. The molecule has 0 spiro atoms. The lowest BCUT2D eigenvalue weighted by atomic mass is 9.90. The second kappa shape index (κ2) is 10.3. The minimum Gasteiger partial charge on any atom is -0.351 e. The maximum atomic E-state index is 13.1. The highest BCUT2D eigenvalue weighted by Crippen LogP contribution is 2.27. The lowest BCUT2D eigenvalue weighted by Crippen LogP contribution is -2.53. The number of hydrogen-bond donors (Lipinski definition) is 3. The number of aromatic amines is 1. The molecule has 2 atom stereocenters. The quantitative estimate of drug-likeness (QED) is 0.443. The number of nitrogens with zero attached hydrogens (tertiary/aromatic N) is 2. The summed E-state index contributed by atoms with van der Waals surface area (Å²) in [5.74, 6) is 0.317. The van der Waals surface area contributed by atoms with Gasteiger partial charge >= 0.3 is 0 Å². The van der Waals surface area contributed by atoms with Crippen molar-refractivity contribution in [1.29, 1.82) is 0 Å². The average Bonchev–Trinajstić information content (AvgIpc) is 3.43. The van der Waals surface area contributed by atoms with Gasteiger partial charge in [0.1, 0.15) is 5.69 Å². The number of rotatable bonds is 6. The van der Waals surface area contributed by atoms with Crippen LogP contribution in [-0.2, 0) is 13.0 Å². The highest BCUT2D eigenvalue weighted by atomic mass is 35.5. The Balaban J connectivity index is 1.24. The van der Waals surface area contributed by atoms with Crippen LogP contribution in [0.1, 0.15) is 70.4 Å². The summed E-state index contributed by atoms with van der Waals surface area (Å²) in [4.78, 5) is 37.6. The summed E-state index contributed by atoms with van der Waals surface area (Å²) < 4.78 is 0. The van der Waals surface area contributed by atoms with Crippen LogP contribution in [0.15, 0.2) is 24.3 Å². The van der Waals surface area contributed by atoms with Gasteiger partial charge in [0, 0.05) is 58.9 Å². The number of fused-ring (bicyclic) bond motifs is 2. The van der Waals surface area contributed by atoms with Gasteiger partial charge in [-0.3, -0.25) is 14.5 Å². The van der Waals surface area contributed by atoms with Crippen molar-refractivity contribution in [2.45, 2.75) is 64.6 Å². The van der Waals surface area contributed by atoms with Gasteiger partial charge in [-0.2, -0.15) is 0 Å². The van der Waals surface area contributed by atoms with Crippen LogP contribution < -0.4 is 10.6 Å². The van der Waals surface area contributed by atoms with Crippen LogP contribution in [0.3, 0.4) is 0 Å². The molecule has 1 aliphatic heterocycles. The number of H-pyrrole nitrogens is 1. The Labute approximate surface area is 214 Å². The van der Waals surface area contributed by atoms with E-state index in [1.165, 1.54) is 16.2 Å². The van der Waals surface area contributed by atoms with Crippen LogP contribution in [0.2, 0.25) is 5.02 Å². The SMILES string of the molecule is CC(C)CN1CCc2nc(C(=O)N[C@H]3CCCC[C@H]3NC(=O)c3cc4cc(Cl)ccc4[nH]3)sc2C1. The molecule has 186 valence electrons. The summed E-state index contributed by atoms with van der Waals surface area (Å²) in [6.07, 6.45) is 4.62. The molecule has 1 aliphatic carbocycles. The minimum absolute atomic E-state index is 0.114. The van der Waals surface area contributed by atoms with E-state index < -0.39 is 0 Å². The lowest BCUT2D eigenvalue weighted by Gasteiger charge is -2.32. The molecule has 0 radical (unpaired) electrons. The van der Waals surface area contributed by atoms with Crippen molar-refractivity contribution in [1.82, 2.24) is 25.5 Å². The van der Waals surface area contributed by atoms with Crippen molar-refractivity contribution in [2.75, 3.05) is 13.1 Å². The van der Waals surface area contributed by atoms with Gasteiger partial charge in [0.2, 0.25) is 0 Å². The van der Waals surface area contributed by atoms with Crippen LogP contribution in [-0.4, -0.2) is 51.9 Å². The molecule has 2 amide bonds. The first-order valence-electron chi connectivity index (χ1n) is 12.5. The Morgan fingerprint density at radius 2 is 1.91 bits per heavy atom. The van der Waals surface area contributed by atoms with E-state index in [-0.39, 0.29) is 23.9 Å². The van der Waals surface area contributed by atoms with Gasteiger partial charge in [-0.15, -0.1) is 11.3 Å². The summed E-state index contributed by atoms with van der Waals surface area (Å²) in [6, 6.07) is 7.09. The average molecular weight is 514 g/mol. The largest absolute Gasteiger partial charge is 0.351 e. The van der Waals surface area contributed by atoms with Gasteiger partial charge in [0.25, 0.3) is 11.8 Å². The Kier molecular flexibility index (Phi) is 7.14. The molecule has 5 rings (SSSR count). The maximum absolute atomic E-state index is 13.1. The monoisotopic (exact) mass is 513 g/mol. The minimum atomic E-state index is -0.168. The molecule has 1 fully saturated rings. The first kappa shape index (κ1) is 24.3. The number of aromatic nitrogens is 2. The molecule has 3 N–H and O–H groups in total. The van der Waals surface area contributed by atoms with Crippen molar-refractivity contribution >= 4 is 45.7 Å². The van der Waals surface area contributed by atoms with Crippen molar-refractivity contribution in [3.8, 4) is 0 Å². The zero-order valence-corrected chi connectivity index (χ0v) is 21.8. The summed E-state index contributed by atoms with van der Waals surface area (Å²) >= 11 is 7.59. The van der Waals surface area contributed by atoms with E-state index in [1.807, 2.05) is 18.2 Å². The maximum Gasteiger partial charge on any atom is 0.280 e. The second-order valence-corrected chi connectivity index (χ2v) is 11.6. The Hall–Kier alpha value is -2.42. The third-order valence-corrected chi connectivity index (χ3v) is 8.17. The first-order chi connectivity index (χ1) is 16.9. The lowest BCUT2D eigenvalue weighted by molar-refractivity contribution is 0.0860. The molecule has 2 aromatic heterocycles. The fourth-order valence-corrected chi connectivity index (χ4v) is 6.43. The number of carbonyl (C=O) groups excluding carboxylic acids is 2. The van der Waals surface area contributed by atoms with Crippen molar-refractivity contribution in [3.05, 3.63) is 50.6 Å². The third kappa shape index (κ3) is 5.55. The summed E-state index contributed by atoms with van der Waals surface area (Å²) in [6.45, 7) is 7.39. The molecule has 0 unspecified atom stereocenters. The molecule has 0 bridgehead atoms. The first-order valence-corrected chi connectivity index (χ1v) is 13.7. The Bertz CT molecular complexity index is 1240. The third-order valence-electron chi connectivity index (χ3n) is 6.85. The van der Waals surface area contributed by atoms with Gasteiger partial charge in [-0.05, 0) is 43.0 Å². The molecule has 0 saturated heterocycles. The highest BCUT2D eigenvalue weighted by molar-refractivity contribution is 7.13. The predicted molar refractivity (Wildman–Crippen MR) is 140 cm³/mol. The number of amides is 2. The number of nitrogens with one attached hydrogen (secondary N) is 3. The number of halogens is 1. The number of benzene rings is 1. The number of carbonyl (C=O) groups is 2. The van der Waals surface area contributed by atoms with Crippen LogP contribution in [0, 0.1) is 5.92 Å². The van der Waals surface area contributed by atoms with Crippen LogP contribution >= 0.6 is 22.9 Å². The van der Waals surface area contributed by atoms with Gasteiger partial charge in [-0.1, -0.05) is 38.3 Å². The summed E-state index contributed by atoms with van der Waals surface area (Å²) in [7, 11) is 0. The van der Waals surface area contributed by atoms with Crippen LogP contribution in [0.5, 0.6) is 0 Å². The Morgan fingerprint density at radius 1 is 1.17 bits per heavy atom. The molecular formula is C26H32ClN5O2S. The van der Waals surface area contributed by atoms with E-state index in [0.29, 0.717) is 21.6 Å². The van der Waals surface area contributed by atoms with Gasteiger partial charge < -0.3 is 15.6 Å². The molecule has 3 heterocycles.